The predicted octanol–water partition coefficient (Wildman–Crippen LogP) is 0.0502. The van der Waals surface area contributed by atoms with Crippen molar-refractivity contribution in [1.82, 2.24) is 5.32 Å². The van der Waals surface area contributed by atoms with Crippen molar-refractivity contribution in [3.8, 4) is 0 Å². The lowest BCUT2D eigenvalue weighted by Gasteiger charge is -2.22. The van der Waals surface area contributed by atoms with E-state index >= 15 is 0 Å². The molecule has 5 heteroatoms. The third kappa shape index (κ3) is 4.19. The molecule has 0 bridgehead atoms. The summed E-state index contributed by atoms with van der Waals surface area (Å²) in [6.45, 7) is 2.55. The van der Waals surface area contributed by atoms with Crippen LogP contribution in [0.15, 0.2) is 0 Å². The van der Waals surface area contributed by atoms with Crippen molar-refractivity contribution in [2.24, 2.45) is 0 Å². The first-order chi connectivity index (χ1) is 6.72. The van der Waals surface area contributed by atoms with Crippen LogP contribution in [0.1, 0.15) is 19.8 Å². The number of hydrogen-bond acceptors (Lipinski definition) is 3. The Bertz CT molecular complexity index is 210. The first kappa shape index (κ1) is 11.7. The normalized spacial score (nSPS) is 27.2. The van der Waals surface area contributed by atoms with Crippen LogP contribution in [-0.2, 0) is 20.3 Å². The Morgan fingerprint density at radius 1 is 1.50 bits per heavy atom. The van der Waals surface area contributed by atoms with Crippen molar-refractivity contribution in [3.63, 3.8) is 0 Å². The molecule has 82 valence electrons. The van der Waals surface area contributed by atoms with E-state index in [1.165, 1.54) is 0 Å². The van der Waals surface area contributed by atoms with Gasteiger partial charge in [0.05, 0.1) is 0 Å². The van der Waals surface area contributed by atoms with Crippen LogP contribution >= 0.6 is 0 Å². The highest BCUT2D eigenvalue weighted by atomic mass is 32.2. The Morgan fingerprint density at radius 3 is 2.71 bits per heavy atom. The zero-order chi connectivity index (χ0) is 10.4. The van der Waals surface area contributed by atoms with Crippen molar-refractivity contribution in [2.75, 3.05) is 24.7 Å². The number of carbonyl (C=O) groups excluding carboxylic acids is 1. The number of nitrogens with one attached hydrogen (secondary N) is 1. The number of carbonyl (C=O) groups is 1. The second-order valence-corrected chi connectivity index (χ2v) is 5.02. The Kier molecular flexibility index (Phi) is 5.11. The predicted molar refractivity (Wildman–Crippen MR) is 55.5 cm³/mol. The van der Waals surface area contributed by atoms with Crippen molar-refractivity contribution >= 4 is 16.7 Å². The van der Waals surface area contributed by atoms with Gasteiger partial charge in [0.1, 0.15) is 6.61 Å². The number of rotatable bonds is 4. The zero-order valence-electron chi connectivity index (χ0n) is 8.45. The zero-order valence-corrected chi connectivity index (χ0v) is 9.27. The van der Waals surface area contributed by atoms with Crippen LogP contribution in [0.5, 0.6) is 0 Å². The minimum absolute atomic E-state index is 0.0652. The van der Waals surface area contributed by atoms with Gasteiger partial charge >= 0.3 is 0 Å². The minimum atomic E-state index is -0.664. The Morgan fingerprint density at radius 2 is 2.14 bits per heavy atom. The molecule has 1 aliphatic heterocycles. The fourth-order valence-electron chi connectivity index (χ4n) is 1.40. The molecule has 1 heterocycles. The highest BCUT2D eigenvalue weighted by Crippen LogP contribution is 2.08. The van der Waals surface area contributed by atoms with Gasteiger partial charge in [-0.3, -0.25) is 9.00 Å². The molecule has 14 heavy (non-hydrogen) atoms. The molecule has 4 nitrogen and oxygen atoms in total. The molecule has 0 aromatic carbocycles. The molecule has 1 amide bonds. The van der Waals surface area contributed by atoms with Crippen LogP contribution in [-0.4, -0.2) is 40.9 Å². The molecule has 1 N–H and O–H groups in total. The minimum Gasteiger partial charge on any atom is -0.372 e. The van der Waals surface area contributed by atoms with Gasteiger partial charge in [0, 0.05) is 35.0 Å². The molecule has 1 saturated heterocycles. The molecule has 0 saturated carbocycles. The van der Waals surface area contributed by atoms with Crippen LogP contribution in [0, 0.1) is 0 Å². The second-order valence-electron chi connectivity index (χ2n) is 3.33. The van der Waals surface area contributed by atoms with Crippen molar-refractivity contribution < 1.29 is 13.7 Å². The molecule has 1 fully saturated rings. The molecule has 0 radical (unpaired) electrons. The average molecular weight is 219 g/mol. The van der Waals surface area contributed by atoms with Gasteiger partial charge in [-0.15, -0.1) is 0 Å². The topological polar surface area (TPSA) is 55.4 Å². The summed E-state index contributed by atoms with van der Waals surface area (Å²) in [6, 6.07) is 0.195. The van der Waals surface area contributed by atoms with Crippen LogP contribution in [0.3, 0.4) is 0 Å². The molecule has 0 spiro atoms. The maximum Gasteiger partial charge on any atom is 0.246 e. The average Bonchev–Trinajstić information content (AvgIpc) is 2.18. The van der Waals surface area contributed by atoms with Crippen LogP contribution < -0.4 is 5.32 Å². The largest absolute Gasteiger partial charge is 0.372 e. The third-order valence-corrected chi connectivity index (χ3v) is 3.57. The molecule has 0 aliphatic carbocycles. The number of ether oxygens (including phenoxy) is 1. The van der Waals surface area contributed by atoms with E-state index in [1.807, 2.05) is 6.92 Å². The van der Waals surface area contributed by atoms with E-state index in [1.54, 1.807) is 0 Å². The molecule has 0 aromatic heterocycles. The van der Waals surface area contributed by atoms with Crippen LogP contribution in [0.2, 0.25) is 0 Å². The van der Waals surface area contributed by atoms with E-state index in [2.05, 4.69) is 5.32 Å². The highest BCUT2D eigenvalue weighted by molar-refractivity contribution is 7.85. The fourth-order valence-corrected chi connectivity index (χ4v) is 2.70. The van der Waals surface area contributed by atoms with Gasteiger partial charge in [-0.25, -0.2) is 0 Å². The summed E-state index contributed by atoms with van der Waals surface area (Å²) in [4.78, 5) is 11.2. The summed E-state index contributed by atoms with van der Waals surface area (Å²) in [5, 5.41) is 2.88. The lowest BCUT2D eigenvalue weighted by molar-refractivity contribution is -0.126. The molecule has 0 atom stereocenters. The fraction of sp³-hybridized carbons (Fsp3) is 0.889. The van der Waals surface area contributed by atoms with Gasteiger partial charge in [-0.1, -0.05) is 0 Å². The van der Waals surface area contributed by atoms with Gasteiger partial charge in [-0.05, 0) is 19.8 Å². The van der Waals surface area contributed by atoms with Crippen LogP contribution in [0.25, 0.3) is 0 Å². The van der Waals surface area contributed by atoms with Crippen molar-refractivity contribution in [1.29, 1.82) is 0 Å². The first-order valence-corrected chi connectivity index (χ1v) is 6.43. The van der Waals surface area contributed by atoms with E-state index in [0.717, 1.165) is 12.8 Å². The Balaban J connectivity index is 2.17. The third-order valence-electron chi connectivity index (χ3n) is 2.19. The number of hydrogen-bond donors (Lipinski definition) is 1. The van der Waals surface area contributed by atoms with Gasteiger partial charge in [0.15, 0.2) is 0 Å². The van der Waals surface area contributed by atoms with Gasteiger partial charge in [0.2, 0.25) is 5.91 Å². The maximum atomic E-state index is 11.2. The monoisotopic (exact) mass is 219 g/mol. The lowest BCUT2D eigenvalue weighted by atomic mass is 10.1. The molecule has 1 aliphatic rings. The maximum absolute atomic E-state index is 11.2. The van der Waals surface area contributed by atoms with E-state index in [9.17, 15) is 9.00 Å². The summed E-state index contributed by atoms with van der Waals surface area (Å²) in [5.41, 5.74) is 0. The summed E-state index contributed by atoms with van der Waals surface area (Å²) in [7, 11) is -0.664. The summed E-state index contributed by atoms with van der Waals surface area (Å²) < 4.78 is 16.0. The molecule has 0 aromatic rings. The smallest absolute Gasteiger partial charge is 0.246 e. The molecule has 0 unspecified atom stereocenters. The lowest BCUT2D eigenvalue weighted by Crippen LogP contribution is -2.41. The van der Waals surface area contributed by atoms with Crippen molar-refractivity contribution in [2.45, 2.75) is 25.8 Å². The molecule has 1 rings (SSSR count). The Hall–Kier alpha value is -0.420. The summed E-state index contributed by atoms with van der Waals surface area (Å²) >= 11 is 0. The van der Waals surface area contributed by atoms with E-state index in [4.69, 9.17) is 4.74 Å². The van der Waals surface area contributed by atoms with Gasteiger partial charge in [-0.2, -0.15) is 0 Å². The molecular formula is C9H17NO3S. The quantitative estimate of drug-likeness (QED) is 0.727. The van der Waals surface area contributed by atoms with Gasteiger partial charge in [0.25, 0.3) is 0 Å². The standard InChI is InChI=1S/C9H17NO3S/c1-2-13-7-9(11)10-8-3-5-14(12)6-4-8/h8H,2-7H2,1H3,(H,10,11). The highest BCUT2D eigenvalue weighted by Gasteiger charge is 2.19. The molecular weight excluding hydrogens is 202 g/mol. The SMILES string of the molecule is CCOCC(=O)NC1CCS(=O)CC1. The second kappa shape index (κ2) is 6.14. The summed E-state index contributed by atoms with van der Waals surface area (Å²) in [5.74, 6) is 1.35. The van der Waals surface area contributed by atoms with Crippen LogP contribution in [0.4, 0.5) is 0 Å². The Labute approximate surface area is 86.9 Å². The van der Waals surface area contributed by atoms with Gasteiger partial charge < -0.3 is 10.1 Å². The first-order valence-electron chi connectivity index (χ1n) is 4.94. The summed E-state index contributed by atoms with van der Waals surface area (Å²) in [6.07, 6.45) is 1.65. The van der Waals surface area contributed by atoms with E-state index < -0.39 is 10.8 Å². The number of amides is 1. The van der Waals surface area contributed by atoms with E-state index in [-0.39, 0.29) is 18.6 Å². The van der Waals surface area contributed by atoms with E-state index in [0.29, 0.717) is 18.1 Å². The van der Waals surface area contributed by atoms with Crippen molar-refractivity contribution in [3.05, 3.63) is 0 Å².